The molecule has 0 fully saturated rings. The van der Waals surface area contributed by atoms with Crippen LogP contribution in [0.1, 0.15) is 22.8 Å². The Morgan fingerprint density at radius 3 is 2.45 bits per heavy atom. The molecule has 2 aromatic carbocycles. The number of ether oxygens (including phenoxy) is 1. The fraction of sp³-hybridized carbons (Fsp3) is 0.136. The van der Waals surface area contributed by atoms with Gasteiger partial charge in [-0.15, -0.1) is 0 Å². The molecule has 1 heterocycles. The minimum Gasteiger partial charge on any atom is -0.508 e. The molecule has 3 N–H and O–H groups in total. The third kappa shape index (κ3) is 5.80. The Hall–Kier alpha value is -3.87. The summed E-state index contributed by atoms with van der Waals surface area (Å²) in [4.78, 5) is 28.3. The van der Waals surface area contributed by atoms with Gasteiger partial charge in [-0.3, -0.25) is 14.6 Å². The van der Waals surface area contributed by atoms with E-state index in [9.17, 15) is 14.7 Å². The van der Waals surface area contributed by atoms with Crippen LogP contribution in [0.4, 0.5) is 5.69 Å². The van der Waals surface area contributed by atoms with Crippen molar-refractivity contribution in [1.29, 1.82) is 0 Å². The number of aromatic hydroxyl groups is 1. The molecule has 0 bridgehead atoms. The molecule has 7 nitrogen and oxygen atoms in total. The molecule has 3 aromatic rings. The van der Waals surface area contributed by atoms with Gasteiger partial charge in [-0.05, 0) is 61.0 Å². The Bertz CT molecular complexity index is 958. The Morgan fingerprint density at radius 2 is 1.79 bits per heavy atom. The van der Waals surface area contributed by atoms with E-state index in [1.54, 1.807) is 49.5 Å². The summed E-state index contributed by atoms with van der Waals surface area (Å²) in [6, 6.07) is 16.7. The number of anilines is 1. The van der Waals surface area contributed by atoms with Gasteiger partial charge in [-0.2, -0.15) is 0 Å². The molecule has 148 valence electrons. The first-order chi connectivity index (χ1) is 14.0. The maximum absolute atomic E-state index is 12.3. The van der Waals surface area contributed by atoms with Gasteiger partial charge in [0.2, 0.25) is 0 Å². The van der Waals surface area contributed by atoms with E-state index < -0.39 is 6.10 Å². The summed E-state index contributed by atoms with van der Waals surface area (Å²) in [6.07, 6.45) is 2.41. The predicted molar refractivity (Wildman–Crippen MR) is 109 cm³/mol. The van der Waals surface area contributed by atoms with Crippen molar-refractivity contribution >= 4 is 17.5 Å². The smallest absolute Gasteiger partial charge is 0.265 e. The molecule has 7 heteroatoms. The predicted octanol–water partition coefficient (Wildman–Crippen LogP) is 3.12. The molecule has 2 amide bonds. The average molecular weight is 391 g/mol. The Labute approximate surface area is 168 Å². The van der Waals surface area contributed by atoms with Crippen LogP contribution in [0, 0.1) is 0 Å². The molecule has 0 aliphatic rings. The fourth-order valence-electron chi connectivity index (χ4n) is 2.51. The maximum atomic E-state index is 12.3. The van der Waals surface area contributed by atoms with E-state index in [0.29, 0.717) is 23.5 Å². The number of rotatable bonds is 7. The minimum atomic E-state index is -0.710. The summed E-state index contributed by atoms with van der Waals surface area (Å²) in [5, 5.41) is 14.9. The molecule has 0 spiro atoms. The molecule has 0 radical (unpaired) electrons. The van der Waals surface area contributed by atoms with Gasteiger partial charge in [-0.1, -0.05) is 12.1 Å². The van der Waals surface area contributed by atoms with Crippen molar-refractivity contribution in [2.45, 2.75) is 19.6 Å². The Kier molecular flexibility index (Phi) is 6.42. The van der Waals surface area contributed by atoms with Crippen LogP contribution in [0.5, 0.6) is 11.5 Å². The molecule has 0 aliphatic carbocycles. The molecule has 1 aromatic heterocycles. The molecular weight excluding hydrogens is 370 g/mol. The van der Waals surface area contributed by atoms with Gasteiger partial charge in [0.25, 0.3) is 11.8 Å². The molecular formula is C22H21N3O4. The number of amides is 2. The second kappa shape index (κ2) is 9.36. The van der Waals surface area contributed by atoms with Crippen LogP contribution in [0.2, 0.25) is 0 Å². The lowest BCUT2D eigenvalue weighted by Crippen LogP contribution is -2.30. The van der Waals surface area contributed by atoms with E-state index in [0.717, 1.165) is 5.56 Å². The minimum absolute atomic E-state index is 0.131. The van der Waals surface area contributed by atoms with Crippen molar-refractivity contribution in [3.8, 4) is 11.5 Å². The van der Waals surface area contributed by atoms with E-state index in [1.165, 1.54) is 18.3 Å². The zero-order chi connectivity index (χ0) is 20.6. The first-order valence-corrected chi connectivity index (χ1v) is 9.05. The molecule has 3 rings (SSSR count). The number of carbonyl (C=O) groups is 2. The van der Waals surface area contributed by atoms with Gasteiger partial charge >= 0.3 is 0 Å². The number of hydrogen-bond donors (Lipinski definition) is 3. The van der Waals surface area contributed by atoms with E-state index in [1.807, 2.05) is 12.1 Å². The quantitative estimate of drug-likeness (QED) is 0.575. The first kappa shape index (κ1) is 19.9. The SMILES string of the molecule is CC(Oc1ccc(O)cc1)C(=O)Nc1ccc(CNC(=O)c2cccnc2)cc1. The lowest BCUT2D eigenvalue weighted by atomic mass is 10.2. The van der Waals surface area contributed by atoms with E-state index in [2.05, 4.69) is 15.6 Å². The molecule has 0 aliphatic heterocycles. The number of pyridine rings is 1. The molecule has 0 saturated carbocycles. The number of nitrogens with one attached hydrogen (secondary N) is 2. The highest BCUT2D eigenvalue weighted by molar-refractivity contribution is 5.94. The van der Waals surface area contributed by atoms with E-state index >= 15 is 0 Å². The highest BCUT2D eigenvalue weighted by atomic mass is 16.5. The standard InChI is InChI=1S/C22H21N3O4/c1-15(29-20-10-8-19(26)9-11-20)21(27)25-18-6-4-16(5-7-18)13-24-22(28)17-3-2-12-23-14-17/h2-12,14-15,26H,13H2,1H3,(H,24,28)(H,25,27). The summed E-state index contributed by atoms with van der Waals surface area (Å²) >= 11 is 0. The highest BCUT2D eigenvalue weighted by Crippen LogP contribution is 2.18. The molecule has 1 unspecified atom stereocenters. The van der Waals surface area contributed by atoms with E-state index in [-0.39, 0.29) is 17.6 Å². The van der Waals surface area contributed by atoms with Crippen molar-refractivity contribution in [3.63, 3.8) is 0 Å². The number of nitrogens with zero attached hydrogens (tertiary/aromatic N) is 1. The Balaban J connectivity index is 1.49. The monoisotopic (exact) mass is 391 g/mol. The molecule has 29 heavy (non-hydrogen) atoms. The fourth-order valence-corrected chi connectivity index (χ4v) is 2.51. The van der Waals surface area contributed by atoms with Crippen LogP contribution >= 0.6 is 0 Å². The summed E-state index contributed by atoms with van der Waals surface area (Å²) in [5.41, 5.74) is 2.02. The number of aromatic nitrogens is 1. The molecule has 1 atom stereocenters. The van der Waals surface area contributed by atoms with E-state index in [4.69, 9.17) is 4.74 Å². The second-order valence-electron chi connectivity index (χ2n) is 6.36. The van der Waals surface area contributed by atoms with Crippen molar-refractivity contribution < 1.29 is 19.4 Å². The second-order valence-corrected chi connectivity index (χ2v) is 6.36. The zero-order valence-electron chi connectivity index (χ0n) is 15.8. The summed E-state index contributed by atoms with van der Waals surface area (Å²) in [6.45, 7) is 2.01. The lowest BCUT2D eigenvalue weighted by Gasteiger charge is -2.15. The number of hydrogen-bond acceptors (Lipinski definition) is 5. The van der Waals surface area contributed by atoms with Crippen molar-refractivity contribution in [1.82, 2.24) is 10.3 Å². The topological polar surface area (TPSA) is 101 Å². The summed E-state index contributed by atoms with van der Waals surface area (Å²) in [5.74, 6) is 0.128. The van der Waals surface area contributed by atoms with Crippen molar-refractivity contribution in [3.05, 3.63) is 84.2 Å². The van der Waals surface area contributed by atoms with Crippen LogP contribution < -0.4 is 15.4 Å². The van der Waals surface area contributed by atoms with Gasteiger partial charge < -0.3 is 20.5 Å². The van der Waals surface area contributed by atoms with Gasteiger partial charge in [-0.25, -0.2) is 0 Å². The lowest BCUT2D eigenvalue weighted by molar-refractivity contribution is -0.122. The third-order valence-corrected chi connectivity index (χ3v) is 4.12. The number of carbonyl (C=O) groups excluding carboxylic acids is 2. The average Bonchev–Trinajstić information content (AvgIpc) is 2.75. The van der Waals surface area contributed by atoms with Gasteiger partial charge in [0.15, 0.2) is 6.10 Å². The van der Waals surface area contributed by atoms with Gasteiger partial charge in [0.05, 0.1) is 5.56 Å². The number of benzene rings is 2. The van der Waals surface area contributed by atoms with Crippen LogP contribution in [-0.2, 0) is 11.3 Å². The van der Waals surface area contributed by atoms with Gasteiger partial charge in [0, 0.05) is 24.6 Å². The van der Waals surface area contributed by atoms with Crippen molar-refractivity contribution in [2.24, 2.45) is 0 Å². The highest BCUT2D eigenvalue weighted by Gasteiger charge is 2.15. The summed E-state index contributed by atoms with van der Waals surface area (Å²) in [7, 11) is 0. The maximum Gasteiger partial charge on any atom is 0.265 e. The van der Waals surface area contributed by atoms with Crippen LogP contribution in [0.25, 0.3) is 0 Å². The van der Waals surface area contributed by atoms with Crippen LogP contribution in [0.3, 0.4) is 0 Å². The van der Waals surface area contributed by atoms with Crippen LogP contribution in [0.15, 0.2) is 73.1 Å². The normalized spacial score (nSPS) is 11.3. The number of phenols is 1. The molecule has 0 saturated heterocycles. The van der Waals surface area contributed by atoms with Crippen molar-refractivity contribution in [2.75, 3.05) is 5.32 Å². The third-order valence-electron chi connectivity index (χ3n) is 4.12. The first-order valence-electron chi connectivity index (χ1n) is 9.05. The summed E-state index contributed by atoms with van der Waals surface area (Å²) < 4.78 is 5.56. The largest absolute Gasteiger partial charge is 0.508 e. The van der Waals surface area contributed by atoms with Crippen LogP contribution in [-0.4, -0.2) is 28.0 Å². The number of phenolic OH excluding ortho intramolecular Hbond substituents is 1. The Morgan fingerprint density at radius 1 is 1.07 bits per heavy atom. The van der Waals surface area contributed by atoms with Gasteiger partial charge in [0.1, 0.15) is 11.5 Å². The zero-order valence-corrected chi connectivity index (χ0v) is 15.8.